The van der Waals surface area contributed by atoms with E-state index >= 15 is 0 Å². The molecule has 1 aromatic rings. The highest BCUT2D eigenvalue weighted by molar-refractivity contribution is 6.30. The SMILES string of the molecule is COCCC(C)c1cnc(F)c(Cl)c1. The fourth-order valence-electron chi connectivity index (χ4n) is 1.17. The number of nitrogens with zero attached hydrogens (tertiary/aromatic N) is 1. The Labute approximate surface area is 88.1 Å². The number of methoxy groups -OCH3 is 1. The van der Waals surface area contributed by atoms with Crippen LogP contribution in [0.15, 0.2) is 12.3 Å². The molecular weight excluding hydrogens is 205 g/mol. The largest absolute Gasteiger partial charge is 0.385 e. The molecule has 0 fully saturated rings. The first-order valence-corrected chi connectivity index (χ1v) is 4.82. The number of hydrogen-bond acceptors (Lipinski definition) is 2. The lowest BCUT2D eigenvalue weighted by Gasteiger charge is -2.10. The van der Waals surface area contributed by atoms with Crippen molar-refractivity contribution in [2.24, 2.45) is 0 Å². The Bertz CT molecular complexity index is 306. The molecular formula is C10H13ClFNO. The molecule has 78 valence electrons. The maximum absolute atomic E-state index is 12.7. The smallest absolute Gasteiger partial charge is 0.231 e. The fraction of sp³-hybridized carbons (Fsp3) is 0.500. The summed E-state index contributed by atoms with van der Waals surface area (Å²) in [6, 6.07) is 1.62. The maximum Gasteiger partial charge on any atom is 0.231 e. The van der Waals surface area contributed by atoms with Gasteiger partial charge in [0, 0.05) is 19.9 Å². The van der Waals surface area contributed by atoms with Gasteiger partial charge in [-0.15, -0.1) is 0 Å². The van der Waals surface area contributed by atoms with Gasteiger partial charge in [-0.1, -0.05) is 18.5 Å². The molecule has 0 saturated carbocycles. The number of aromatic nitrogens is 1. The lowest BCUT2D eigenvalue weighted by atomic mass is 10.0. The molecule has 0 aliphatic carbocycles. The lowest BCUT2D eigenvalue weighted by molar-refractivity contribution is 0.189. The molecule has 0 amide bonds. The van der Waals surface area contributed by atoms with Gasteiger partial charge in [0.05, 0.1) is 5.02 Å². The first-order valence-electron chi connectivity index (χ1n) is 4.45. The molecule has 4 heteroatoms. The van der Waals surface area contributed by atoms with Crippen LogP contribution in [0.4, 0.5) is 4.39 Å². The Balaban J connectivity index is 2.70. The van der Waals surface area contributed by atoms with Crippen LogP contribution in [0.2, 0.25) is 5.02 Å². The molecule has 0 saturated heterocycles. The van der Waals surface area contributed by atoms with Gasteiger partial charge in [0.15, 0.2) is 0 Å². The van der Waals surface area contributed by atoms with Crippen LogP contribution in [0.25, 0.3) is 0 Å². The number of halogens is 2. The topological polar surface area (TPSA) is 22.1 Å². The van der Waals surface area contributed by atoms with Crippen LogP contribution in [0.5, 0.6) is 0 Å². The summed E-state index contributed by atoms with van der Waals surface area (Å²) in [6.07, 6.45) is 2.39. The second-order valence-electron chi connectivity index (χ2n) is 3.22. The van der Waals surface area contributed by atoms with Gasteiger partial charge in [0.2, 0.25) is 5.95 Å². The minimum atomic E-state index is -0.616. The van der Waals surface area contributed by atoms with Crippen molar-refractivity contribution in [2.45, 2.75) is 19.3 Å². The van der Waals surface area contributed by atoms with Gasteiger partial charge in [0.25, 0.3) is 0 Å². The highest BCUT2D eigenvalue weighted by Crippen LogP contribution is 2.22. The van der Waals surface area contributed by atoms with Gasteiger partial charge >= 0.3 is 0 Å². The quantitative estimate of drug-likeness (QED) is 0.724. The monoisotopic (exact) mass is 217 g/mol. The molecule has 1 unspecified atom stereocenters. The molecule has 0 bridgehead atoms. The van der Waals surface area contributed by atoms with Crippen LogP contribution >= 0.6 is 11.6 Å². The van der Waals surface area contributed by atoms with Crippen LogP contribution < -0.4 is 0 Å². The van der Waals surface area contributed by atoms with Crippen molar-refractivity contribution < 1.29 is 9.13 Å². The standard InChI is InChI=1S/C10H13ClFNO/c1-7(3-4-14-2)8-5-9(11)10(12)13-6-8/h5-7H,3-4H2,1-2H3. The first-order chi connectivity index (χ1) is 6.65. The third kappa shape index (κ3) is 2.93. The van der Waals surface area contributed by atoms with E-state index in [1.165, 1.54) is 6.20 Å². The molecule has 0 aliphatic rings. The molecule has 0 spiro atoms. The molecule has 14 heavy (non-hydrogen) atoms. The highest BCUT2D eigenvalue weighted by atomic mass is 35.5. The van der Waals surface area contributed by atoms with Crippen molar-refractivity contribution in [2.75, 3.05) is 13.7 Å². The zero-order chi connectivity index (χ0) is 10.6. The summed E-state index contributed by atoms with van der Waals surface area (Å²) >= 11 is 5.62. The third-order valence-electron chi connectivity index (χ3n) is 2.14. The van der Waals surface area contributed by atoms with Crippen LogP contribution in [0, 0.1) is 5.95 Å². The first kappa shape index (κ1) is 11.4. The lowest BCUT2D eigenvalue weighted by Crippen LogP contribution is -2.00. The molecule has 1 rings (SSSR count). The number of hydrogen-bond donors (Lipinski definition) is 0. The van der Waals surface area contributed by atoms with Gasteiger partial charge in [-0.25, -0.2) is 4.98 Å². The van der Waals surface area contributed by atoms with E-state index in [0.717, 1.165) is 12.0 Å². The van der Waals surface area contributed by atoms with Gasteiger partial charge in [-0.2, -0.15) is 4.39 Å². The normalized spacial score (nSPS) is 12.9. The molecule has 1 aromatic heterocycles. The molecule has 2 nitrogen and oxygen atoms in total. The summed E-state index contributed by atoms with van der Waals surface area (Å²) in [6.45, 7) is 2.71. The molecule has 1 heterocycles. The Morgan fingerprint density at radius 3 is 2.93 bits per heavy atom. The zero-order valence-electron chi connectivity index (χ0n) is 8.26. The highest BCUT2D eigenvalue weighted by Gasteiger charge is 2.08. The van der Waals surface area contributed by atoms with Gasteiger partial charge in [-0.3, -0.25) is 0 Å². The zero-order valence-corrected chi connectivity index (χ0v) is 9.01. The number of pyridine rings is 1. The van der Waals surface area contributed by atoms with Crippen LogP contribution in [-0.4, -0.2) is 18.7 Å². The summed E-state index contributed by atoms with van der Waals surface area (Å²) < 4.78 is 17.7. The predicted molar refractivity (Wildman–Crippen MR) is 54.1 cm³/mol. The predicted octanol–water partition coefficient (Wildman–Crippen LogP) is 3.01. The van der Waals surface area contributed by atoms with E-state index in [1.54, 1.807) is 13.2 Å². The number of rotatable bonds is 4. The molecule has 0 aliphatic heterocycles. The molecule has 0 radical (unpaired) electrons. The molecule has 1 atom stereocenters. The maximum atomic E-state index is 12.7. The van der Waals surface area contributed by atoms with E-state index in [9.17, 15) is 4.39 Å². The van der Waals surface area contributed by atoms with E-state index < -0.39 is 5.95 Å². The summed E-state index contributed by atoms with van der Waals surface area (Å²) in [7, 11) is 1.66. The van der Waals surface area contributed by atoms with Gasteiger partial charge < -0.3 is 4.74 Å². The average Bonchev–Trinajstić information content (AvgIpc) is 2.18. The van der Waals surface area contributed by atoms with Gasteiger partial charge in [0.1, 0.15) is 0 Å². The minimum absolute atomic E-state index is 0.0757. The van der Waals surface area contributed by atoms with Crippen molar-refractivity contribution in [1.29, 1.82) is 0 Å². The van der Waals surface area contributed by atoms with E-state index in [2.05, 4.69) is 4.98 Å². The van der Waals surface area contributed by atoms with Crippen molar-refractivity contribution >= 4 is 11.6 Å². The van der Waals surface area contributed by atoms with Gasteiger partial charge in [-0.05, 0) is 24.0 Å². The Hall–Kier alpha value is -0.670. The third-order valence-corrected chi connectivity index (χ3v) is 2.41. The molecule has 0 N–H and O–H groups in total. The van der Waals surface area contributed by atoms with E-state index in [1.807, 2.05) is 6.92 Å². The Morgan fingerprint density at radius 2 is 2.36 bits per heavy atom. The summed E-state index contributed by atoms with van der Waals surface area (Å²) in [5, 5.41) is 0.0757. The van der Waals surface area contributed by atoms with Crippen molar-refractivity contribution in [1.82, 2.24) is 4.98 Å². The van der Waals surface area contributed by atoms with Crippen molar-refractivity contribution in [3.63, 3.8) is 0 Å². The summed E-state index contributed by atoms with van der Waals surface area (Å²) in [4.78, 5) is 3.57. The second-order valence-corrected chi connectivity index (χ2v) is 3.63. The van der Waals surface area contributed by atoms with Crippen LogP contribution in [0.3, 0.4) is 0 Å². The summed E-state index contributed by atoms with van der Waals surface area (Å²) in [5.74, 6) is -0.338. The Kier molecular flexibility index (Phi) is 4.29. The average molecular weight is 218 g/mol. The van der Waals surface area contributed by atoms with Crippen molar-refractivity contribution in [3.8, 4) is 0 Å². The minimum Gasteiger partial charge on any atom is -0.385 e. The van der Waals surface area contributed by atoms with Crippen LogP contribution in [-0.2, 0) is 4.74 Å². The number of ether oxygens (including phenoxy) is 1. The van der Waals surface area contributed by atoms with Crippen molar-refractivity contribution in [3.05, 3.63) is 28.8 Å². The Morgan fingerprint density at radius 1 is 1.64 bits per heavy atom. The second kappa shape index (κ2) is 5.27. The van der Waals surface area contributed by atoms with Crippen LogP contribution in [0.1, 0.15) is 24.8 Å². The summed E-state index contributed by atoms with van der Waals surface area (Å²) in [5.41, 5.74) is 0.938. The van der Waals surface area contributed by atoms with E-state index in [-0.39, 0.29) is 10.9 Å². The van der Waals surface area contributed by atoms with E-state index in [0.29, 0.717) is 6.61 Å². The van der Waals surface area contributed by atoms with E-state index in [4.69, 9.17) is 16.3 Å². The fourth-order valence-corrected chi connectivity index (χ4v) is 1.34. The molecule has 0 aromatic carbocycles.